The van der Waals surface area contributed by atoms with Crippen LogP contribution in [0, 0.1) is 0 Å². The molecular formula is C21H20N6O2S. The maximum absolute atomic E-state index is 12.9. The summed E-state index contributed by atoms with van der Waals surface area (Å²) in [7, 11) is 1.62. The predicted molar refractivity (Wildman–Crippen MR) is 117 cm³/mol. The Labute approximate surface area is 176 Å². The molecule has 0 atom stereocenters. The Bertz CT molecular complexity index is 1270. The van der Waals surface area contributed by atoms with Gasteiger partial charge in [0, 0.05) is 44.8 Å². The number of rotatable bonds is 3. The number of benzene rings is 1. The van der Waals surface area contributed by atoms with Gasteiger partial charge in [-0.2, -0.15) is 5.10 Å². The molecule has 0 N–H and O–H groups in total. The molecule has 9 heteroatoms. The molecule has 1 fully saturated rings. The fraction of sp³-hybridized carbons (Fsp3) is 0.286. The Morgan fingerprint density at radius 3 is 2.60 bits per heavy atom. The summed E-state index contributed by atoms with van der Waals surface area (Å²) < 4.78 is 1.31. The Hall–Kier alpha value is -3.33. The topological polar surface area (TPSA) is 84.2 Å². The third-order valence-electron chi connectivity index (χ3n) is 5.41. The van der Waals surface area contributed by atoms with E-state index in [1.54, 1.807) is 30.6 Å². The molecule has 0 aliphatic carbocycles. The Kier molecular flexibility index (Phi) is 4.66. The molecule has 3 aromatic heterocycles. The number of carbonyl (C=O) groups is 1. The van der Waals surface area contributed by atoms with Gasteiger partial charge in [-0.1, -0.05) is 29.5 Å². The van der Waals surface area contributed by atoms with Gasteiger partial charge in [0.1, 0.15) is 10.3 Å². The van der Waals surface area contributed by atoms with Crippen LogP contribution in [0.3, 0.4) is 0 Å². The zero-order chi connectivity index (χ0) is 20.7. The van der Waals surface area contributed by atoms with E-state index in [-0.39, 0.29) is 17.9 Å². The number of fused-ring (bicyclic) bond motifs is 2. The highest BCUT2D eigenvalue weighted by atomic mass is 32.1. The van der Waals surface area contributed by atoms with Crippen LogP contribution in [0.25, 0.3) is 21.1 Å². The minimum atomic E-state index is -0.152. The van der Waals surface area contributed by atoms with Gasteiger partial charge in [-0.25, -0.2) is 14.6 Å². The molecule has 1 aromatic carbocycles. The lowest BCUT2D eigenvalue weighted by Crippen LogP contribution is -2.49. The van der Waals surface area contributed by atoms with Crippen LogP contribution in [0.5, 0.6) is 0 Å². The van der Waals surface area contributed by atoms with Crippen molar-refractivity contribution in [2.75, 3.05) is 31.1 Å². The fourth-order valence-electron chi connectivity index (χ4n) is 3.80. The molecule has 5 rings (SSSR count). The molecule has 1 saturated heterocycles. The lowest BCUT2D eigenvalue weighted by molar-refractivity contribution is -0.130. The number of pyridine rings is 1. The average molecular weight is 420 g/mol. The highest BCUT2D eigenvalue weighted by molar-refractivity contribution is 7.21. The van der Waals surface area contributed by atoms with Gasteiger partial charge in [0.05, 0.1) is 17.5 Å². The summed E-state index contributed by atoms with van der Waals surface area (Å²) in [6, 6.07) is 11.2. The second-order valence-electron chi connectivity index (χ2n) is 7.29. The molecule has 152 valence electrons. The molecule has 30 heavy (non-hydrogen) atoms. The van der Waals surface area contributed by atoms with E-state index < -0.39 is 0 Å². The van der Waals surface area contributed by atoms with Crippen molar-refractivity contribution >= 4 is 43.5 Å². The minimum absolute atomic E-state index is 0.0249. The Morgan fingerprint density at radius 1 is 1.07 bits per heavy atom. The van der Waals surface area contributed by atoms with Crippen molar-refractivity contribution in [2.45, 2.75) is 6.42 Å². The van der Waals surface area contributed by atoms with Crippen LogP contribution in [-0.4, -0.2) is 56.7 Å². The summed E-state index contributed by atoms with van der Waals surface area (Å²) in [6.07, 6.45) is 1.96. The first-order valence-corrected chi connectivity index (χ1v) is 10.6. The molecule has 0 saturated carbocycles. The first-order valence-electron chi connectivity index (χ1n) is 9.79. The third kappa shape index (κ3) is 3.30. The van der Waals surface area contributed by atoms with Crippen LogP contribution in [0.4, 0.5) is 5.13 Å². The van der Waals surface area contributed by atoms with Gasteiger partial charge >= 0.3 is 0 Å². The molecule has 0 spiro atoms. The van der Waals surface area contributed by atoms with Crippen LogP contribution < -0.4 is 10.5 Å². The quantitative estimate of drug-likeness (QED) is 0.503. The summed E-state index contributed by atoms with van der Waals surface area (Å²) in [5.41, 5.74) is 1.39. The molecular weight excluding hydrogens is 400 g/mol. The number of anilines is 1. The summed E-state index contributed by atoms with van der Waals surface area (Å²) in [5.74, 6) is 0.0249. The smallest absolute Gasteiger partial charge is 0.274 e. The Balaban J connectivity index is 1.30. The molecule has 0 bridgehead atoms. The molecule has 8 nitrogen and oxygen atoms in total. The predicted octanol–water partition coefficient (Wildman–Crippen LogP) is 1.83. The van der Waals surface area contributed by atoms with Gasteiger partial charge in [-0.15, -0.1) is 0 Å². The van der Waals surface area contributed by atoms with Crippen molar-refractivity contribution in [3.8, 4) is 0 Å². The van der Waals surface area contributed by atoms with Gasteiger partial charge in [0.25, 0.3) is 5.56 Å². The van der Waals surface area contributed by atoms with Gasteiger partial charge in [0.2, 0.25) is 5.91 Å². The van der Waals surface area contributed by atoms with E-state index in [0.717, 1.165) is 34.0 Å². The van der Waals surface area contributed by atoms with Crippen LogP contribution >= 0.6 is 11.3 Å². The monoisotopic (exact) mass is 420 g/mol. The molecule has 1 aliphatic rings. The summed E-state index contributed by atoms with van der Waals surface area (Å²) in [4.78, 5) is 39.3. The normalized spacial score (nSPS) is 14.6. The number of hydrogen-bond donors (Lipinski definition) is 0. The molecule has 1 aliphatic heterocycles. The first kappa shape index (κ1) is 18.7. The number of nitrogens with zero attached hydrogens (tertiary/aromatic N) is 6. The number of thiazole rings is 1. The maximum Gasteiger partial charge on any atom is 0.274 e. The van der Waals surface area contributed by atoms with E-state index in [0.29, 0.717) is 24.2 Å². The molecule has 4 aromatic rings. The van der Waals surface area contributed by atoms with Crippen molar-refractivity contribution < 1.29 is 4.79 Å². The number of piperazine rings is 1. The SMILES string of the molecule is Cn1nc(CC(=O)N2CCN(c3nc4cccnc4s3)CC2)c2ccccc2c1=O. The zero-order valence-corrected chi connectivity index (χ0v) is 17.3. The van der Waals surface area contributed by atoms with E-state index in [1.807, 2.05) is 35.2 Å². The maximum atomic E-state index is 12.9. The van der Waals surface area contributed by atoms with E-state index in [4.69, 9.17) is 0 Å². The van der Waals surface area contributed by atoms with E-state index in [1.165, 1.54) is 4.68 Å². The van der Waals surface area contributed by atoms with E-state index >= 15 is 0 Å². The van der Waals surface area contributed by atoms with E-state index in [9.17, 15) is 9.59 Å². The van der Waals surface area contributed by atoms with Gasteiger partial charge in [-0.05, 0) is 18.2 Å². The number of amides is 1. The second-order valence-corrected chi connectivity index (χ2v) is 8.25. The van der Waals surface area contributed by atoms with E-state index in [2.05, 4.69) is 20.0 Å². The third-order valence-corrected chi connectivity index (χ3v) is 6.45. The minimum Gasteiger partial charge on any atom is -0.344 e. The fourth-order valence-corrected chi connectivity index (χ4v) is 4.76. The second kappa shape index (κ2) is 7.49. The summed E-state index contributed by atoms with van der Waals surface area (Å²) in [6.45, 7) is 2.72. The lowest BCUT2D eigenvalue weighted by Gasteiger charge is -2.34. The van der Waals surface area contributed by atoms with Crippen LogP contribution in [0.15, 0.2) is 47.4 Å². The lowest BCUT2D eigenvalue weighted by atomic mass is 10.1. The summed E-state index contributed by atoms with van der Waals surface area (Å²) >= 11 is 1.58. The van der Waals surface area contributed by atoms with Gasteiger partial charge in [0.15, 0.2) is 5.13 Å². The van der Waals surface area contributed by atoms with Gasteiger partial charge < -0.3 is 9.80 Å². The van der Waals surface area contributed by atoms with Crippen molar-refractivity contribution in [2.24, 2.45) is 7.05 Å². The van der Waals surface area contributed by atoms with Crippen LogP contribution in [0.2, 0.25) is 0 Å². The highest BCUT2D eigenvalue weighted by Gasteiger charge is 2.24. The van der Waals surface area contributed by atoms with Crippen molar-refractivity contribution in [3.63, 3.8) is 0 Å². The molecule has 4 heterocycles. The largest absolute Gasteiger partial charge is 0.344 e. The summed E-state index contributed by atoms with van der Waals surface area (Å²) in [5, 5.41) is 6.63. The van der Waals surface area contributed by atoms with Crippen molar-refractivity contribution in [1.29, 1.82) is 0 Å². The van der Waals surface area contributed by atoms with Crippen LogP contribution in [-0.2, 0) is 18.3 Å². The molecule has 0 radical (unpaired) electrons. The van der Waals surface area contributed by atoms with Crippen LogP contribution in [0.1, 0.15) is 5.69 Å². The van der Waals surface area contributed by atoms with Crippen molar-refractivity contribution in [3.05, 3.63) is 58.6 Å². The number of aromatic nitrogens is 4. The van der Waals surface area contributed by atoms with Gasteiger partial charge in [-0.3, -0.25) is 9.59 Å². The first-order chi connectivity index (χ1) is 14.6. The zero-order valence-electron chi connectivity index (χ0n) is 16.5. The van der Waals surface area contributed by atoms with Crippen molar-refractivity contribution in [1.82, 2.24) is 24.6 Å². The molecule has 0 unspecified atom stereocenters. The Morgan fingerprint density at radius 2 is 1.83 bits per heavy atom. The number of carbonyl (C=O) groups excluding carboxylic acids is 1. The number of hydrogen-bond acceptors (Lipinski definition) is 7. The average Bonchev–Trinajstić information content (AvgIpc) is 3.22. The standard InChI is InChI=1S/C21H20N6O2S/c1-25-20(29)15-6-3-2-5-14(15)17(24-25)13-18(28)26-9-11-27(12-10-26)21-23-16-7-4-8-22-19(16)30-21/h2-8H,9-13H2,1H3. The highest BCUT2D eigenvalue weighted by Crippen LogP contribution is 2.27. The number of aryl methyl sites for hydroxylation is 1. The molecule has 1 amide bonds.